The van der Waals surface area contributed by atoms with Crippen LogP contribution in [0.2, 0.25) is 0 Å². The Bertz CT molecular complexity index is 972. The van der Waals surface area contributed by atoms with Crippen LogP contribution in [0.3, 0.4) is 0 Å². The predicted octanol–water partition coefficient (Wildman–Crippen LogP) is 1.18. The van der Waals surface area contributed by atoms with Crippen molar-refractivity contribution in [3.63, 3.8) is 0 Å². The average Bonchev–Trinajstić information content (AvgIpc) is 2.71. The highest BCUT2D eigenvalue weighted by molar-refractivity contribution is 7.92. The Hall–Kier alpha value is -3.07. The minimum absolute atomic E-state index is 0.0116. The van der Waals surface area contributed by atoms with Gasteiger partial charge in [0, 0.05) is 7.05 Å². The van der Waals surface area contributed by atoms with E-state index in [2.05, 4.69) is 10.1 Å². The zero-order valence-electron chi connectivity index (χ0n) is 14.7. The van der Waals surface area contributed by atoms with Crippen molar-refractivity contribution in [2.45, 2.75) is 11.0 Å². The number of benzene rings is 2. The molecule has 0 aliphatic carbocycles. The molecule has 0 saturated carbocycles. The molecule has 0 aromatic heterocycles. The Kier molecular flexibility index (Phi) is 5.04. The van der Waals surface area contributed by atoms with Crippen molar-refractivity contribution >= 4 is 27.6 Å². The van der Waals surface area contributed by atoms with Crippen LogP contribution in [0, 0.1) is 0 Å². The van der Waals surface area contributed by atoms with Crippen LogP contribution >= 0.6 is 0 Å². The number of hydrogen-bond donors (Lipinski definition) is 1. The predicted molar refractivity (Wildman–Crippen MR) is 97.2 cm³/mol. The normalized spacial score (nSPS) is 16.1. The quantitative estimate of drug-likeness (QED) is 0.787. The molecule has 142 valence electrons. The van der Waals surface area contributed by atoms with Gasteiger partial charge >= 0.3 is 5.97 Å². The molecule has 1 unspecified atom stereocenters. The van der Waals surface area contributed by atoms with Gasteiger partial charge in [0.15, 0.2) is 6.10 Å². The summed E-state index contributed by atoms with van der Waals surface area (Å²) >= 11 is 0. The van der Waals surface area contributed by atoms with E-state index >= 15 is 0 Å². The van der Waals surface area contributed by atoms with Gasteiger partial charge in [-0.05, 0) is 36.4 Å². The van der Waals surface area contributed by atoms with Gasteiger partial charge in [-0.3, -0.25) is 9.10 Å². The first kappa shape index (κ1) is 18.7. The van der Waals surface area contributed by atoms with Gasteiger partial charge in [0.05, 0.1) is 29.8 Å². The summed E-state index contributed by atoms with van der Waals surface area (Å²) in [6.07, 6.45) is -0.978. The number of fused-ring (bicyclic) bond motifs is 1. The largest absolute Gasteiger partial charge is 0.476 e. The van der Waals surface area contributed by atoms with Gasteiger partial charge in [0.1, 0.15) is 5.75 Å². The van der Waals surface area contributed by atoms with Crippen LogP contribution in [0.1, 0.15) is 10.4 Å². The van der Waals surface area contributed by atoms with Crippen molar-refractivity contribution in [3.8, 4) is 5.75 Å². The van der Waals surface area contributed by atoms with Crippen molar-refractivity contribution in [1.82, 2.24) is 5.32 Å². The van der Waals surface area contributed by atoms with E-state index in [0.29, 0.717) is 11.4 Å². The van der Waals surface area contributed by atoms with Crippen molar-refractivity contribution in [2.75, 3.05) is 25.0 Å². The van der Waals surface area contributed by atoms with Gasteiger partial charge in [-0.25, -0.2) is 13.2 Å². The standard InChI is InChI=1S/C18H18N2O6S/c1-19-17(21)16-11-20(14-5-3-4-6-15(14)26-16)27(23,24)13-9-7-12(8-10-13)18(22)25-2/h3-10,16H,11H2,1-2H3,(H,19,21). The first-order valence-corrected chi connectivity index (χ1v) is 9.51. The molecule has 1 N–H and O–H groups in total. The summed E-state index contributed by atoms with van der Waals surface area (Å²) in [5.41, 5.74) is 0.580. The highest BCUT2D eigenvalue weighted by Crippen LogP contribution is 2.36. The summed E-state index contributed by atoms with van der Waals surface area (Å²) < 4.78 is 37.7. The molecule has 3 rings (SSSR count). The van der Waals surface area contributed by atoms with Gasteiger partial charge < -0.3 is 14.8 Å². The number of amides is 1. The van der Waals surface area contributed by atoms with Crippen molar-refractivity contribution < 1.29 is 27.5 Å². The number of nitrogens with zero attached hydrogens (tertiary/aromatic N) is 1. The minimum Gasteiger partial charge on any atom is -0.476 e. The van der Waals surface area contributed by atoms with Crippen LogP contribution in [-0.4, -0.2) is 47.1 Å². The van der Waals surface area contributed by atoms with Gasteiger partial charge in [0.2, 0.25) is 0 Å². The van der Waals surface area contributed by atoms with Gasteiger partial charge in [-0.2, -0.15) is 0 Å². The second-order valence-electron chi connectivity index (χ2n) is 5.74. The molecule has 9 heteroatoms. The van der Waals surface area contributed by atoms with Crippen LogP contribution < -0.4 is 14.4 Å². The van der Waals surface area contributed by atoms with Crippen LogP contribution in [0.5, 0.6) is 5.75 Å². The number of carbonyl (C=O) groups excluding carboxylic acids is 2. The molecule has 8 nitrogen and oxygen atoms in total. The summed E-state index contributed by atoms with van der Waals surface area (Å²) in [6.45, 7) is -0.169. The van der Waals surface area contributed by atoms with E-state index in [1.165, 1.54) is 38.4 Å². The number of likely N-dealkylation sites (N-methyl/N-ethyl adjacent to an activating group) is 1. The molecule has 1 aliphatic heterocycles. The number of esters is 1. The third kappa shape index (κ3) is 3.45. The summed E-state index contributed by atoms with van der Waals surface area (Å²) in [5.74, 6) is -0.687. The van der Waals surface area contributed by atoms with E-state index < -0.39 is 28.0 Å². The third-order valence-corrected chi connectivity index (χ3v) is 5.93. The van der Waals surface area contributed by atoms with Gasteiger partial charge in [-0.1, -0.05) is 12.1 Å². The molecule has 27 heavy (non-hydrogen) atoms. The van der Waals surface area contributed by atoms with Crippen molar-refractivity contribution in [1.29, 1.82) is 0 Å². The number of para-hydroxylation sites is 2. The maximum atomic E-state index is 13.2. The molecule has 0 bridgehead atoms. The third-order valence-electron chi connectivity index (χ3n) is 4.14. The highest BCUT2D eigenvalue weighted by Gasteiger charge is 2.37. The maximum Gasteiger partial charge on any atom is 0.337 e. The molecule has 1 heterocycles. The molecule has 2 aromatic carbocycles. The topological polar surface area (TPSA) is 102 Å². The molecule has 1 atom stereocenters. The van der Waals surface area contributed by atoms with Crippen LogP contribution in [0.25, 0.3) is 0 Å². The zero-order valence-corrected chi connectivity index (χ0v) is 15.5. The highest BCUT2D eigenvalue weighted by atomic mass is 32.2. The minimum atomic E-state index is -3.98. The number of ether oxygens (including phenoxy) is 2. The maximum absolute atomic E-state index is 13.2. The number of methoxy groups -OCH3 is 1. The van der Waals surface area contributed by atoms with Gasteiger partial charge in [-0.15, -0.1) is 0 Å². The molecule has 1 aliphatic rings. The Balaban J connectivity index is 2.02. The Morgan fingerprint density at radius 3 is 2.44 bits per heavy atom. The fraction of sp³-hybridized carbons (Fsp3) is 0.222. The fourth-order valence-electron chi connectivity index (χ4n) is 2.74. The molecule has 0 fully saturated rings. The first-order chi connectivity index (χ1) is 12.9. The van der Waals surface area contributed by atoms with E-state index in [1.54, 1.807) is 24.3 Å². The summed E-state index contributed by atoms with van der Waals surface area (Å²) in [4.78, 5) is 23.6. The number of rotatable bonds is 4. The first-order valence-electron chi connectivity index (χ1n) is 8.07. The average molecular weight is 390 g/mol. The summed E-state index contributed by atoms with van der Waals surface area (Å²) in [7, 11) is -1.28. The number of carbonyl (C=O) groups is 2. The Labute approximate surface area is 156 Å². The smallest absolute Gasteiger partial charge is 0.337 e. The van der Waals surface area contributed by atoms with E-state index in [0.717, 1.165) is 4.31 Å². The van der Waals surface area contributed by atoms with E-state index in [9.17, 15) is 18.0 Å². The number of nitrogens with one attached hydrogen (secondary N) is 1. The Morgan fingerprint density at radius 2 is 1.81 bits per heavy atom. The zero-order chi connectivity index (χ0) is 19.6. The monoisotopic (exact) mass is 390 g/mol. The van der Waals surface area contributed by atoms with E-state index in [4.69, 9.17) is 4.74 Å². The van der Waals surface area contributed by atoms with E-state index in [-0.39, 0.29) is 17.0 Å². The summed E-state index contributed by atoms with van der Waals surface area (Å²) in [6, 6.07) is 12.0. The molecular weight excluding hydrogens is 372 g/mol. The molecule has 0 saturated heterocycles. The molecular formula is C18H18N2O6S. The number of sulfonamides is 1. The van der Waals surface area contributed by atoms with Crippen LogP contribution in [0.15, 0.2) is 53.4 Å². The summed E-state index contributed by atoms with van der Waals surface area (Å²) in [5, 5.41) is 2.47. The number of hydrogen-bond acceptors (Lipinski definition) is 6. The fourth-order valence-corrected chi connectivity index (χ4v) is 4.21. The lowest BCUT2D eigenvalue weighted by molar-refractivity contribution is -0.127. The SMILES string of the molecule is CNC(=O)C1CN(S(=O)(=O)c2ccc(C(=O)OC)cc2)c2ccccc2O1. The molecule has 2 aromatic rings. The second-order valence-corrected chi connectivity index (χ2v) is 7.60. The van der Waals surface area contributed by atoms with Crippen LogP contribution in [-0.2, 0) is 19.6 Å². The van der Waals surface area contributed by atoms with Crippen molar-refractivity contribution in [2.24, 2.45) is 0 Å². The van der Waals surface area contributed by atoms with Gasteiger partial charge in [0.25, 0.3) is 15.9 Å². The second kappa shape index (κ2) is 7.28. The number of anilines is 1. The molecule has 0 spiro atoms. The van der Waals surface area contributed by atoms with E-state index in [1.807, 2.05) is 0 Å². The lowest BCUT2D eigenvalue weighted by atomic mass is 10.2. The Morgan fingerprint density at radius 1 is 1.15 bits per heavy atom. The lowest BCUT2D eigenvalue weighted by Crippen LogP contribution is -2.50. The van der Waals surface area contributed by atoms with Crippen molar-refractivity contribution in [3.05, 3.63) is 54.1 Å². The molecule has 0 radical (unpaired) electrons. The lowest BCUT2D eigenvalue weighted by Gasteiger charge is -2.34. The molecule has 1 amide bonds. The van der Waals surface area contributed by atoms with Crippen LogP contribution in [0.4, 0.5) is 5.69 Å².